The predicted octanol–water partition coefficient (Wildman–Crippen LogP) is 4.57. The first-order valence-electron chi connectivity index (χ1n) is 7.41. The molecule has 0 aliphatic heterocycles. The third-order valence-corrected chi connectivity index (χ3v) is 3.98. The summed E-state index contributed by atoms with van der Waals surface area (Å²) in [7, 11) is 0. The van der Waals surface area contributed by atoms with E-state index in [1.165, 1.54) is 22.4 Å². The van der Waals surface area contributed by atoms with Crippen LogP contribution in [-0.2, 0) is 6.42 Å². The van der Waals surface area contributed by atoms with E-state index in [1.54, 1.807) is 0 Å². The number of pyridine rings is 1. The Balaban J connectivity index is 2.18. The first-order valence-corrected chi connectivity index (χ1v) is 7.41. The molecule has 1 N–H and O–H groups in total. The average Bonchev–Trinajstić information content (AvgIpc) is 2.82. The van der Waals surface area contributed by atoms with Gasteiger partial charge in [-0.2, -0.15) is 0 Å². The van der Waals surface area contributed by atoms with Gasteiger partial charge in [-0.1, -0.05) is 31.2 Å². The maximum Gasteiger partial charge on any atom is 0.141 e. The summed E-state index contributed by atoms with van der Waals surface area (Å²) in [5.74, 6) is 1.08. The predicted molar refractivity (Wildman–Crippen MR) is 88.5 cm³/mol. The first-order chi connectivity index (χ1) is 10.1. The number of nitrogens with zero attached hydrogens (tertiary/aromatic N) is 2. The molecule has 0 spiro atoms. The molecule has 1 aromatic carbocycles. The minimum atomic E-state index is 0.911. The lowest BCUT2D eigenvalue weighted by Crippen LogP contribution is -2.01. The summed E-state index contributed by atoms with van der Waals surface area (Å²) in [4.78, 5) is 4.79. The van der Waals surface area contributed by atoms with Crippen LogP contribution < -0.4 is 5.32 Å². The standard InChI is InChI=1S/C18H21N3/c1-5-15-18(20-16-12(2)8-6-9-13(16)3)21-11-7-10-14(4)17(21)19-15/h6-11,20H,5H2,1-4H3. The fourth-order valence-corrected chi connectivity index (χ4v) is 2.76. The number of anilines is 2. The van der Waals surface area contributed by atoms with Gasteiger partial charge in [-0.05, 0) is 49.9 Å². The van der Waals surface area contributed by atoms with E-state index < -0.39 is 0 Å². The molecule has 3 nitrogen and oxygen atoms in total. The van der Waals surface area contributed by atoms with Gasteiger partial charge >= 0.3 is 0 Å². The fourth-order valence-electron chi connectivity index (χ4n) is 2.76. The van der Waals surface area contributed by atoms with E-state index in [-0.39, 0.29) is 0 Å². The van der Waals surface area contributed by atoms with Crippen LogP contribution in [0.4, 0.5) is 11.5 Å². The van der Waals surface area contributed by atoms with Gasteiger partial charge in [-0.25, -0.2) is 4.98 Å². The molecule has 0 saturated carbocycles. The molecule has 0 aliphatic carbocycles. The molecule has 3 heteroatoms. The number of nitrogens with one attached hydrogen (secondary N) is 1. The Kier molecular flexibility index (Phi) is 3.42. The Labute approximate surface area is 125 Å². The van der Waals surface area contributed by atoms with Gasteiger partial charge in [0.05, 0.1) is 5.69 Å². The van der Waals surface area contributed by atoms with E-state index in [0.29, 0.717) is 0 Å². The quantitative estimate of drug-likeness (QED) is 0.761. The highest BCUT2D eigenvalue weighted by atomic mass is 15.1. The molecule has 3 aromatic rings. The Hall–Kier alpha value is -2.29. The van der Waals surface area contributed by atoms with Crippen LogP contribution in [0.1, 0.15) is 29.3 Å². The number of imidazole rings is 1. The van der Waals surface area contributed by atoms with Crippen LogP contribution in [0.3, 0.4) is 0 Å². The minimum Gasteiger partial charge on any atom is -0.339 e. The van der Waals surface area contributed by atoms with Crippen LogP contribution in [0.5, 0.6) is 0 Å². The molecule has 0 amide bonds. The second-order valence-electron chi connectivity index (χ2n) is 5.54. The zero-order chi connectivity index (χ0) is 15.0. The highest BCUT2D eigenvalue weighted by Gasteiger charge is 2.13. The van der Waals surface area contributed by atoms with Gasteiger partial charge in [-0.3, -0.25) is 4.40 Å². The van der Waals surface area contributed by atoms with Crippen LogP contribution in [0.2, 0.25) is 0 Å². The second-order valence-corrected chi connectivity index (χ2v) is 5.54. The van der Waals surface area contributed by atoms with Crippen LogP contribution in [0.25, 0.3) is 5.65 Å². The van der Waals surface area contributed by atoms with Crippen molar-refractivity contribution in [1.29, 1.82) is 0 Å². The van der Waals surface area contributed by atoms with Crippen molar-refractivity contribution in [2.24, 2.45) is 0 Å². The third kappa shape index (κ3) is 2.29. The maximum absolute atomic E-state index is 4.79. The van der Waals surface area contributed by atoms with Gasteiger partial charge < -0.3 is 5.32 Å². The third-order valence-electron chi connectivity index (χ3n) is 3.98. The number of para-hydroxylation sites is 1. The van der Waals surface area contributed by atoms with Gasteiger partial charge in [-0.15, -0.1) is 0 Å². The first kappa shape index (κ1) is 13.7. The van der Waals surface area contributed by atoms with Crippen molar-refractivity contribution in [2.75, 3.05) is 5.32 Å². The molecule has 0 atom stereocenters. The van der Waals surface area contributed by atoms with Crippen molar-refractivity contribution in [1.82, 2.24) is 9.38 Å². The smallest absolute Gasteiger partial charge is 0.141 e. The molecule has 2 aromatic heterocycles. The van der Waals surface area contributed by atoms with Crippen LogP contribution in [0.15, 0.2) is 36.5 Å². The zero-order valence-electron chi connectivity index (χ0n) is 13.1. The number of benzene rings is 1. The zero-order valence-corrected chi connectivity index (χ0v) is 13.1. The van der Waals surface area contributed by atoms with Gasteiger partial charge in [0.1, 0.15) is 11.5 Å². The van der Waals surface area contributed by atoms with Gasteiger partial charge in [0.2, 0.25) is 0 Å². The number of aryl methyl sites for hydroxylation is 4. The van der Waals surface area contributed by atoms with Crippen molar-refractivity contribution in [2.45, 2.75) is 34.1 Å². The van der Waals surface area contributed by atoms with Crippen LogP contribution in [0, 0.1) is 20.8 Å². The fraction of sp³-hybridized carbons (Fsp3) is 0.278. The Morgan fingerprint density at radius 1 is 1.00 bits per heavy atom. The lowest BCUT2D eigenvalue weighted by molar-refractivity contribution is 1.07. The molecular weight excluding hydrogens is 258 g/mol. The highest BCUT2D eigenvalue weighted by Crippen LogP contribution is 2.28. The summed E-state index contributed by atoms with van der Waals surface area (Å²) < 4.78 is 2.15. The number of fused-ring (bicyclic) bond motifs is 1. The Morgan fingerprint density at radius 3 is 2.33 bits per heavy atom. The minimum absolute atomic E-state index is 0.911. The molecule has 0 aliphatic rings. The molecule has 0 fully saturated rings. The number of aromatic nitrogens is 2. The van der Waals surface area contributed by atoms with Gasteiger partial charge in [0.25, 0.3) is 0 Å². The summed E-state index contributed by atoms with van der Waals surface area (Å²) in [5, 5.41) is 3.61. The lowest BCUT2D eigenvalue weighted by Gasteiger charge is -2.13. The van der Waals surface area contributed by atoms with Gasteiger partial charge in [0, 0.05) is 11.9 Å². The van der Waals surface area contributed by atoms with Crippen molar-refractivity contribution >= 4 is 17.2 Å². The molecular formula is C18H21N3. The number of rotatable bonds is 3. The van der Waals surface area contributed by atoms with E-state index in [4.69, 9.17) is 4.98 Å². The van der Waals surface area contributed by atoms with E-state index in [1.807, 2.05) is 0 Å². The largest absolute Gasteiger partial charge is 0.339 e. The van der Waals surface area contributed by atoms with E-state index >= 15 is 0 Å². The molecule has 21 heavy (non-hydrogen) atoms. The molecule has 108 valence electrons. The topological polar surface area (TPSA) is 29.3 Å². The summed E-state index contributed by atoms with van der Waals surface area (Å²) in [6, 6.07) is 10.5. The molecule has 0 radical (unpaired) electrons. The van der Waals surface area contributed by atoms with Gasteiger partial charge in [0.15, 0.2) is 0 Å². The number of hydrogen-bond acceptors (Lipinski definition) is 2. The van der Waals surface area contributed by atoms with E-state index in [9.17, 15) is 0 Å². The summed E-state index contributed by atoms with van der Waals surface area (Å²) >= 11 is 0. The second kappa shape index (κ2) is 5.24. The highest BCUT2D eigenvalue weighted by molar-refractivity contribution is 5.69. The van der Waals surface area contributed by atoms with Crippen molar-refractivity contribution in [3.63, 3.8) is 0 Å². The number of hydrogen-bond donors (Lipinski definition) is 1. The van der Waals surface area contributed by atoms with Crippen molar-refractivity contribution < 1.29 is 0 Å². The SMILES string of the molecule is CCc1nc2c(C)cccn2c1Nc1c(C)cccc1C. The molecule has 2 heterocycles. The monoisotopic (exact) mass is 279 g/mol. The van der Waals surface area contributed by atoms with E-state index in [2.05, 4.69) is 73.9 Å². The Morgan fingerprint density at radius 2 is 1.67 bits per heavy atom. The summed E-state index contributed by atoms with van der Waals surface area (Å²) in [6.45, 7) is 8.52. The maximum atomic E-state index is 4.79. The van der Waals surface area contributed by atoms with Crippen LogP contribution in [-0.4, -0.2) is 9.38 Å². The van der Waals surface area contributed by atoms with Crippen molar-refractivity contribution in [3.05, 3.63) is 58.9 Å². The van der Waals surface area contributed by atoms with Crippen molar-refractivity contribution in [3.8, 4) is 0 Å². The van der Waals surface area contributed by atoms with Crippen LogP contribution >= 0.6 is 0 Å². The molecule has 3 rings (SSSR count). The molecule has 0 bridgehead atoms. The summed E-state index contributed by atoms with van der Waals surface area (Å²) in [6.07, 6.45) is 2.98. The Bertz CT molecular complexity index is 779. The lowest BCUT2D eigenvalue weighted by atomic mass is 10.1. The normalized spacial score (nSPS) is 11.0. The average molecular weight is 279 g/mol. The molecule has 0 saturated heterocycles. The van der Waals surface area contributed by atoms with E-state index in [0.717, 1.165) is 23.6 Å². The molecule has 0 unspecified atom stereocenters. The summed E-state index contributed by atoms with van der Waals surface area (Å²) in [5.41, 5.74) is 7.01.